The highest BCUT2D eigenvalue weighted by Gasteiger charge is 2.27. The molecule has 3 rings (SSSR count). The van der Waals surface area contributed by atoms with E-state index < -0.39 is 0 Å². The number of rotatable bonds is 6. The maximum atomic E-state index is 6.42. The summed E-state index contributed by atoms with van der Waals surface area (Å²) in [5.41, 5.74) is 1.66. The van der Waals surface area contributed by atoms with Gasteiger partial charge >= 0.3 is 0 Å². The largest absolute Gasteiger partial charge is 0.486 e. The van der Waals surface area contributed by atoms with Gasteiger partial charge < -0.3 is 14.2 Å². The average molecular weight is 462 g/mol. The SMILES string of the molecule is CC(C)(C)Oc1ccccc1N(c1ccccc1OC(C)(C)C)c1ccccc1OC(C)(C)C. The Bertz CT molecular complexity index is 959. The van der Waals surface area contributed by atoms with Crippen LogP contribution in [0.25, 0.3) is 0 Å². The summed E-state index contributed by atoms with van der Waals surface area (Å²) in [4.78, 5) is 2.17. The van der Waals surface area contributed by atoms with Gasteiger partial charge in [0.05, 0.1) is 17.1 Å². The molecule has 0 aromatic heterocycles. The van der Waals surface area contributed by atoms with Gasteiger partial charge in [0.2, 0.25) is 0 Å². The second-order valence-electron chi connectivity index (χ2n) is 11.4. The zero-order chi connectivity index (χ0) is 25.1. The predicted molar refractivity (Wildman–Crippen MR) is 142 cm³/mol. The number of benzene rings is 3. The molecule has 0 amide bonds. The van der Waals surface area contributed by atoms with Crippen LogP contribution < -0.4 is 19.1 Å². The molecule has 34 heavy (non-hydrogen) atoms. The van der Waals surface area contributed by atoms with Crippen molar-refractivity contribution < 1.29 is 14.2 Å². The minimum Gasteiger partial charge on any atom is -0.486 e. The van der Waals surface area contributed by atoms with Crippen molar-refractivity contribution in [1.29, 1.82) is 0 Å². The van der Waals surface area contributed by atoms with Gasteiger partial charge in [-0.15, -0.1) is 0 Å². The van der Waals surface area contributed by atoms with Crippen LogP contribution in [0.15, 0.2) is 72.8 Å². The molecule has 0 fully saturated rings. The minimum atomic E-state index is -0.357. The molecule has 3 aromatic carbocycles. The Labute approximate surface area is 205 Å². The van der Waals surface area contributed by atoms with Gasteiger partial charge in [-0.3, -0.25) is 4.90 Å². The summed E-state index contributed by atoms with van der Waals surface area (Å²) >= 11 is 0. The summed E-state index contributed by atoms with van der Waals surface area (Å²) < 4.78 is 19.2. The molecule has 0 saturated carbocycles. The van der Waals surface area contributed by atoms with Crippen LogP contribution in [0.2, 0.25) is 0 Å². The fourth-order valence-electron chi connectivity index (χ4n) is 3.56. The molecule has 0 aliphatic heterocycles. The summed E-state index contributed by atoms with van der Waals surface area (Å²) in [7, 11) is 0. The maximum absolute atomic E-state index is 6.42. The first kappa shape index (κ1) is 25.5. The number of hydrogen-bond donors (Lipinski definition) is 0. The molecule has 0 unspecified atom stereocenters. The van der Waals surface area contributed by atoms with Crippen LogP contribution in [0.3, 0.4) is 0 Å². The lowest BCUT2D eigenvalue weighted by atomic mass is 10.1. The molecule has 0 aliphatic rings. The molecule has 4 heteroatoms. The van der Waals surface area contributed by atoms with Crippen LogP contribution in [0.4, 0.5) is 17.1 Å². The fraction of sp³-hybridized carbons (Fsp3) is 0.400. The number of anilines is 3. The summed E-state index contributed by atoms with van der Waals surface area (Å²) in [6, 6.07) is 24.3. The third kappa shape index (κ3) is 6.93. The molecule has 0 spiro atoms. The van der Waals surface area contributed by atoms with E-state index in [0.29, 0.717) is 0 Å². The van der Waals surface area contributed by atoms with Gasteiger partial charge in [0.25, 0.3) is 0 Å². The zero-order valence-electron chi connectivity index (χ0n) is 22.1. The quantitative estimate of drug-likeness (QED) is 0.367. The first-order valence-corrected chi connectivity index (χ1v) is 11.9. The first-order chi connectivity index (χ1) is 15.7. The van der Waals surface area contributed by atoms with Crippen molar-refractivity contribution in [3.8, 4) is 17.2 Å². The van der Waals surface area contributed by atoms with E-state index >= 15 is 0 Å². The molecule has 0 aliphatic carbocycles. The van der Waals surface area contributed by atoms with Crippen LogP contribution in [0.1, 0.15) is 62.3 Å². The maximum Gasteiger partial charge on any atom is 0.144 e. The Morgan fingerprint density at radius 1 is 0.412 bits per heavy atom. The van der Waals surface area contributed by atoms with Gasteiger partial charge in [-0.05, 0) is 98.7 Å². The van der Waals surface area contributed by atoms with Crippen LogP contribution in [-0.2, 0) is 0 Å². The highest BCUT2D eigenvalue weighted by molar-refractivity contribution is 5.85. The molecule has 0 radical (unpaired) electrons. The standard InChI is InChI=1S/C30H39NO3/c1-28(2,3)32-25-19-13-10-16-22(25)31(23-17-11-14-20-26(23)33-29(4,5)6)24-18-12-15-21-27(24)34-30(7,8)9/h10-21H,1-9H3. The number of ether oxygens (including phenoxy) is 3. The van der Waals surface area contributed by atoms with E-state index in [2.05, 4.69) is 85.4 Å². The van der Waals surface area contributed by atoms with E-state index in [1.165, 1.54) is 0 Å². The van der Waals surface area contributed by atoms with Crippen molar-refractivity contribution in [2.45, 2.75) is 79.1 Å². The predicted octanol–water partition coefficient (Wildman–Crippen LogP) is 8.69. The molecule has 3 aromatic rings. The fourth-order valence-corrected chi connectivity index (χ4v) is 3.56. The Balaban J connectivity index is 2.30. The van der Waals surface area contributed by atoms with Gasteiger partial charge in [-0.25, -0.2) is 0 Å². The highest BCUT2D eigenvalue weighted by atomic mass is 16.5. The lowest BCUT2D eigenvalue weighted by molar-refractivity contribution is 0.130. The van der Waals surface area contributed by atoms with Gasteiger partial charge in [0.15, 0.2) is 0 Å². The van der Waals surface area contributed by atoms with Gasteiger partial charge in [-0.1, -0.05) is 36.4 Å². The molecule has 0 saturated heterocycles. The van der Waals surface area contributed by atoms with E-state index in [9.17, 15) is 0 Å². The van der Waals surface area contributed by atoms with Crippen molar-refractivity contribution in [3.05, 3.63) is 72.8 Å². The molecule has 0 N–H and O–H groups in total. The van der Waals surface area contributed by atoms with Crippen LogP contribution >= 0.6 is 0 Å². The summed E-state index contributed by atoms with van der Waals surface area (Å²) in [5.74, 6) is 2.35. The van der Waals surface area contributed by atoms with E-state index in [0.717, 1.165) is 34.3 Å². The van der Waals surface area contributed by atoms with E-state index in [1.54, 1.807) is 0 Å². The Hall–Kier alpha value is -3.14. The van der Waals surface area contributed by atoms with Gasteiger partial charge in [0.1, 0.15) is 34.1 Å². The molecule has 182 valence electrons. The number of nitrogens with zero attached hydrogens (tertiary/aromatic N) is 1. The number of para-hydroxylation sites is 6. The molecule has 0 heterocycles. The topological polar surface area (TPSA) is 30.9 Å². The summed E-state index contributed by atoms with van der Waals surface area (Å²) in [6.45, 7) is 18.5. The highest BCUT2D eigenvalue weighted by Crippen LogP contribution is 2.48. The first-order valence-electron chi connectivity index (χ1n) is 11.9. The third-order valence-corrected chi connectivity index (χ3v) is 4.57. The normalized spacial score (nSPS) is 12.3. The minimum absolute atomic E-state index is 0.357. The van der Waals surface area contributed by atoms with Crippen molar-refractivity contribution in [2.24, 2.45) is 0 Å². The van der Waals surface area contributed by atoms with Crippen molar-refractivity contribution in [2.75, 3.05) is 4.90 Å². The Morgan fingerprint density at radius 3 is 0.882 bits per heavy atom. The van der Waals surface area contributed by atoms with E-state index in [-0.39, 0.29) is 16.8 Å². The van der Waals surface area contributed by atoms with Crippen molar-refractivity contribution in [1.82, 2.24) is 0 Å². The molecule has 4 nitrogen and oxygen atoms in total. The lowest BCUT2D eigenvalue weighted by Gasteiger charge is -2.34. The molecular formula is C30H39NO3. The zero-order valence-corrected chi connectivity index (χ0v) is 22.1. The van der Waals surface area contributed by atoms with Crippen LogP contribution in [-0.4, -0.2) is 16.8 Å². The van der Waals surface area contributed by atoms with Crippen molar-refractivity contribution in [3.63, 3.8) is 0 Å². The second kappa shape index (κ2) is 9.61. The van der Waals surface area contributed by atoms with E-state index in [4.69, 9.17) is 14.2 Å². The molecule has 0 bridgehead atoms. The smallest absolute Gasteiger partial charge is 0.144 e. The third-order valence-electron chi connectivity index (χ3n) is 4.57. The second-order valence-corrected chi connectivity index (χ2v) is 11.4. The van der Waals surface area contributed by atoms with Gasteiger partial charge in [0, 0.05) is 0 Å². The molecule has 0 atom stereocenters. The van der Waals surface area contributed by atoms with Crippen molar-refractivity contribution >= 4 is 17.1 Å². The van der Waals surface area contributed by atoms with Crippen LogP contribution in [0.5, 0.6) is 17.2 Å². The number of hydrogen-bond acceptors (Lipinski definition) is 4. The summed E-state index contributed by atoms with van der Waals surface area (Å²) in [5, 5.41) is 0. The lowest BCUT2D eigenvalue weighted by Crippen LogP contribution is -2.27. The Morgan fingerprint density at radius 2 is 0.647 bits per heavy atom. The Kier molecular flexibility index (Phi) is 7.21. The van der Waals surface area contributed by atoms with Crippen LogP contribution in [0, 0.1) is 0 Å². The molecular weight excluding hydrogens is 422 g/mol. The van der Waals surface area contributed by atoms with E-state index in [1.807, 2.05) is 54.6 Å². The monoisotopic (exact) mass is 461 g/mol. The summed E-state index contributed by atoms with van der Waals surface area (Å²) in [6.07, 6.45) is 0. The average Bonchev–Trinajstić information content (AvgIpc) is 2.68. The van der Waals surface area contributed by atoms with Gasteiger partial charge in [-0.2, -0.15) is 0 Å².